The van der Waals surface area contributed by atoms with E-state index in [0.717, 1.165) is 0 Å². The fraction of sp³-hybridized carbons (Fsp3) is 1.00. The second-order valence-corrected chi connectivity index (χ2v) is 2.91. The zero-order valence-electron chi connectivity index (χ0n) is 4.50. The van der Waals surface area contributed by atoms with Crippen LogP contribution in [0, 0.1) is 0 Å². The van der Waals surface area contributed by atoms with Gasteiger partial charge in [0, 0.05) is 0 Å². The van der Waals surface area contributed by atoms with Crippen LogP contribution >= 0.6 is 25.3 Å². The van der Waals surface area contributed by atoms with Crippen LogP contribution in [0.3, 0.4) is 0 Å². The Labute approximate surface area is 55.7 Å². The summed E-state index contributed by atoms with van der Waals surface area (Å²) in [7, 11) is 0. The SMILES string of the molecule is CC(S)[N]C(C)S. The number of nitrogens with zero attached hydrogens (tertiary/aromatic N) is 1. The number of hydrogen-bond donors (Lipinski definition) is 2. The Bertz CT molecular complexity index is 39.0. The molecular formula is C4H10NS2. The van der Waals surface area contributed by atoms with Crippen molar-refractivity contribution in [2.24, 2.45) is 0 Å². The van der Waals surface area contributed by atoms with Gasteiger partial charge in [0.15, 0.2) is 0 Å². The summed E-state index contributed by atoms with van der Waals surface area (Å²) in [4.78, 5) is 0. The molecule has 0 amide bonds. The summed E-state index contributed by atoms with van der Waals surface area (Å²) in [6.07, 6.45) is 0. The summed E-state index contributed by atoms with van der Waals surface area (Å²) in [6, 6.07) is 0. The average molecular weight is 136 g/mol. The molecule has 0 aromatic rings. The second kappa shape index (κ2) is 3.64. The lowest BCUT2D eigenvalue weighted by atomic mass is 10.6. The first-order valence-corrected chi connectivity index (χ1v) is 3.22. The minimum absolute atomic E-state index is 0.118. The highest BCUT2D eigenvalue weighted by Gasteiger charge is 1.96. The number of thiol groups is 2. The van der Waals surface area contributed by atoms with Crippen molar-refractivity contribution in [3.63, 3.8) is 0 Å². The molecule has 2 unspecified atom stereocenters. The highest BCUT2D eigenvalue weighted by molar-refractivity contribution is 7.81. The van der Waals surface area contributed by atoms with Crippen molar-refractivity contribution >= 4 is 25.3 Å². The van der Waals surface area contributed by atoms with Gasteiger partial charge >= 0.3 is 0 Å². The quantitative estimate of drug-likeness (QED) is 0.529. The summed E-state index contributed by atoms with van der Waals surface area (Å²) < 4.78 is 0. The molecule has 43 valence electrons. The topological polar surface area (TPSA) is 14.1 Å². The van der Waals surface area contributed by atoms with Gasteiger partial charge in [-0.2, -0.15) is 25.3 Å². The molecule has 0 N–H and O–H groups in total. The molecule has 0 saturated carbocycles. The molecular weight excluding hydrogens is 126 g/mol. The van der Waals surface area contributed by atoms with Crippen LogP contribution in [0.25, 0.3) is 0 Å². The highest BCUT2D eigenvalue weighted by Crippen LogP contribution is 1.95. The molecule has 0 aromatic heterocycles. The predicted molar refractivity (Wildman–Crippen MR) is 39.0 cm³/mol. The standard InChI is InChI=1S/C4H10NS2/c1-3(6)5-4(2)7/h3-4,6-7H,1-2H3. The largest absolute Gasteiger partial charge is 0.215 e. The van der Waals surface area contributed by atoms with Crippen molar-refractivity contribution in [2.75, 3.05) is 0 Å². The van der Waals surface area contributed by atoms with E-state index >= 15 is 0 Å². The molecule has 1 nitrogen and oxygen atoms in total. The maximum absolute atomic E-state index is 4.02. The molecule has 0 heterocycles. The van der Waals surface area contributed by atoms with E-state index in [1.54, 1.807) is 0 Å². The minimum Gasteiger partial charge on any atom is -0.215 e. The Kier molecular flexibility index (Phi) is 3.98. The maximum atomic E-state index is 4.02. The summed E-state index contributed by atoms with van der Waals surface area (Å²) in [5.41, 5.74) is 0. The first-order chi connectivity index (χ1) is 3.13. The Balaban J connectivity index is 2.95. The van der Waals surface area contributed by atoms with Crippen LogP contribution in [0.5, 0.6) is 0 Å². The summed E-state index contributed by atoms with van der Waals surface area (Å²) in [6.45, 7) is 3.83. The zero-order valence-corrected chi connectivity index (χ0v) is 6.29. The van der Waals surface area contributed by atoms with Crippen LogP contribution in [-0.2, 0) is 0 Å². The van der Waals surface area contributed by atoms with Gasteiger partial charge in [-0.05, 0) is 13.8 Å². The van der Waals surface area contributed by atoms with Crippen molar-refractivity contribution in [3.8, 4) is 0 Å². The summed E-state index contributed by atoms with van der Waals surface area (Å²) >= 11 is 8.04. The fourth-order valence-electron chi connectivity index (χ4n) is 0.312. The third kappa shape index (κ3) is 6.66. The smallest absolute Gasteiger partial charge is 0.0654 e. The predicted octanol–water partition coefficient (Wildman–Crippen LogP) is 1.14. The Morgan fingerprint density at radius 1 is 1.14 bits per heavy atom. The highest BCUT2D eigenvalue weighted by atomic mass is 32.1. The molecule has 0 aliphatic carbocycles. The lowest BCUT2D eigenvalue weighted by molar-refractivity contribution is 0.673. The lowest BCUT2D eigenvalue weighted by Crippen LogP contribution is -2.17. The zero-order chi connectivity index (χ0) is 5.86. The van der Waals surface area contributed by atoms with Crippen LogP contribution in [0.1, 0.15) is 13.8 Å². The van der Waals surface area contributed by atoms with E-state index in [-0.39, 0.29) is 10.7 Å². The normalized spacial score (nSPS) is 18.9. The molecule has 0 spiro atoms. The maximum Gasteiger partial charge on any atom is 0.0654 e. The van der Waals surface area contributed by atoms with Gasteiger partial charge in [0.05, 0.1) is 10.7 Å². The summed E-state index contributed by atoms with van der Waals surface area (Å²) in [5.74, 6) is 0. The van der Waals surface area contributed by atoms with Crippen LogP contribution < -0.4 is 5.32 Å². The van der Waals surface area contributed by atoms with Crippen molar-refractivity contribution in [2.45, 2.75) is 24.6 Å². The molecule has 7 heavy (non-hydrogen) atoms. The lowest BCUT2D eigenvalue weighted by Gasteiger charge is -2.05. The van der Waals surface area contributed by atoms with Crippen LogP contribution in [0.4, 0.5) is 0 Å². The van der Waals surface area contributed by atoms with Crippen LogP contribution in [-0.4, -0.2) is 10.7 Å². The van der Waals surface area contributed by atoms with Gasteiger partial charge in [0.2, 0.25) is 0 Å². The van der Waals surface area contributed by atoms with E-state index in [9.17, 15) is 0 Å². The fourth-order valence-corrected chi connectivity index (χ4v) is 0.817. The molecule has 2 atom stereocenters. The monoisotopic (exact) mass is 136 g/mol. The van der Waals surface area contributed by atoms with Crippen LogP contribution in [0.15, 0.2) is 0 Å². The van der Waals surface area contributed by atoms with Crippen molar-refractivity contribution in [1.29, 1.82) is 0 Å². The number of rotatable bonds is 2. The van der Waals surface area contributed by atoms with Gasteiger partial charge in [0.1, 0.15) is 0 Å². The summed E-state index contributed by atoms with van der Waals surface area (Å²) in [5, 5.41) is 4.24. The Morgan fingerprint density at radius 2 is 1.43 bits per heavy atom. The third-order valence-electron chi connectivity index (χ3n) is 0.431. The van der Waals surface area contributed by atoms with E-state index in [1.807, 2.05) is 13.8 Å². The Hall–Kier alpha value is 0.660. The van der Waals surface area contributed by atoms with E-state index in [2.05, 4.69) is 30.6 Å². The average Bonchev–Trinajstić information content (AvgIpc) is 1.27. The first-order valence-electron chi connectivity index (χ1n) is 2.19. The number of hydrogen-bond acceptors (Lipinski definition) is 2. The molecule has 0 aliphatic heterocycles. The molecule has 1 radical (unpaired) electrons. The van der Waals surface area contributed by atoms with E-state index in [4.69, 9.17) is 0 Å². The molecule has 0 saturated heterocycles. The minimum atomic E-state index is 0.118. The van der Waals surface area contributed by atoms with E-state index in [0.29, 0.717) is 0 Å². The van der Waals surface area contributed by atoms with Gasteiger partial charge < -0.3 is 0 Å². The first kappa shape index (κ1) is 7.66. The molecule has 0 bridgehead atoms. The van der Waals surface area contributed by atoms with Crippen molar-refractivity contribution in [1.82, 2.24) is 5.32 Å². The molecule has 0 fully saturated rings. The van der Waals surface area contributed by atoms with E-state index in [1.165, 1.54) is 0 Å². The van der Waals surface area contributed by atoms with Crippen molar-refractivity contribution in [3.05, 3.63) is 0 Å². The van der Waals surface area contributed by atoms with E-state index < -0.39 is 0 Å². The third-order valence-corrected chi connectivity index (χ3v) is 0.698. The molecule has 0 aromatic carbocycles. The molecule has 0 aliphatic rings. The Morgan fingerprint density at radius 3 is 1.43 bits per heavy atom. The van der Waals surface area contributed by atoms with Crippen molar-refractivity contribution < 1.29 is 0 Å². The van der Waals surface area contributed by atoms with Gasteiger partial charge in [0.25, 0.3) is 0 Å². The van der Waals surface area contributed by atoms with Gasteiger partial charge in [-0.25, -0.2) is 5.32 Å². The second-order valence-electron chi connectivity index (χ2n) is 1.41. The van der Waals surface area contributed by atoms with Crippen LogP contribution in [0.2, 0.25) is 0 Å². The van der Waals surface area contributed by atoms with Gasteiger partial charge in [-0.3, -0.25) is 0 Å². The van der Waals surface area contributed by atoms with Gasteiger partial charge in [-0.15, -0.1) is 0 Å². The molecule has 0 rings (SSSR count). The molecule has 3 heteroatoms. The van der Waals surface area contributed by atoms with Gasteiger partial charge in [-0.1, -0.05) is 0 Å².